The zero-order valence-corrected chi connectivity index (χ0v) is 6.53. The Morgan fingerprint density at radius 3 is 2.92 bits per heavy atom. The van der Waals surface area contributed by atoms with Crippen molar-refractivity contribution in [2.24, 2.45) is 0 Å². The SMILES string of the molecule is Cc1nn(CCF)cc1[N+](=O)[O-]. The van der Waals surface area contributed by atoms with E-state index in [2.05, 4.69) is 5.10 Å². The van der Waals surface area contributed by atoms with E-state index in [4.69, 9.17) is 0 Å². The summed E-state index contributed by atoms with van der Waals surface area (Å²) < 4.78 is 13.0. The highest BCUT2D eigenvalue weighted by atomic mass is 19.1. The van der Waals surface area contributed by atoms with E-state index in [1.807, 2.05) is 0 Å². The van der Waals surface area contributed by atoms with Crippen molar-refractivity contribution < 1.29 is 9.31 Å². The molecule has 0 N–H and O–H groups in total. The minimum atomic E-state index is -0.571. The second-order valence-electron chi connectivity index (χ2n) is 2.31. The molecule has 0 saturated carbocycles. The van der Waals surface area contributed by atoms with E-state index in [9.17, 15) is 14.5 Å². The second-order valence-corrected chi connectivity index (χ2v) is 2.31. The molecule has 0 aliphatic heterocycles. The Labute approximate surface area is 68.0 Å². The smallest absolute Gasteiger partial charge is 0.263 e. The molecule has 0 bridgehead atoms. The maximum absolute atomic E-state index is 11.8. The first-order valence-corrected chi connectivity index (χ1v) is 3.39. The Morgan fingerprint density at radius 1 is 1.83 bits per heavy atom. The van der Waals surface area contributed by atoms with Crippen LogP contribution in [-0.2, 0) is 6.54 Å². The lowest BCUT2D eigenvalue weighted by atomic mass is 10.4. The molecular weight excluding hydrogens is 165 g/mol. The van der Waals surface area contributed by atoms with E-state index >= 15 is 0 Å². The van der Waals surface area contributed by atoms with Crippen LogP contribution in [0.4, 0.5) is 10.1 Å². The number of aromatic nitrogens is 2. The van der Waals surface area contributed by atoms with Gasteiger partial charge >= 0.3 is 5.69 Å². The molecule has 1 aromatic heterocycles. The van der Waals surface area contributed by atoms with E-state index < -0.39 is 11.6 Å². The molecule has 0 fully saturated rings. The fourth-order valence-electron chi connectivity index (χ4n) is 0.888. The molecule has 0 unspecified atom stereocenters. The minimum Gasteiger partial charge on any atom is -0.263 e. The number of nitrogens with zero attached hydrogens (tertiary/aromatic N) is 3. The summed E-state index contributed by atoms with van der Waals surface area (Å²) in [6.45, 7) is 1.01. The van der Waals surface area contributed by atoms with Gasteiger partial charge in [-0.3, -0.25) is 14.8 Å². The lowest BCUT2D eigenvalue weighted by Crippen LogP contribution is -1.99. The summed E-state index contributed by atoms with van der Waals surface area (Å²) in [5, 5.41) is 14.1. The third kappa shape index (κ3) is 1.58. The van der Waals surface area contributed by atoms with E-state index in [1.165, 1.54) is 17.8 Å². The van der Waals surface area contributed by atoms with Crippen LogP contribution in [0.25, 0.3) is 0 Å². The van der Waals surface area contributed by atoms with Crippen LogP contribution in [0.15, 0.2) is 6.20 Å². The molecule has 0 saturated heterocycles. The number of nitro groups is 1. The van der Waals surface area contributed by atoms with Gasteiger partial charge in [0.15, 0.2) is 0 Å². The van der Waals surface area contributed by atoms with Crippen LogP contribution in [0.1, 0.15) is 5.69 Å². The molecule has 0 atom stereocenters. The van der Waals surface area contributed by atoms with Gasteiger partial charge in [0, 0.05) is 0 Å². The number of hydrogen-bond donors (Lipinski definition) is 0. The van der Waals surface area contributed by atoms with Gasteiger partial charge in [0.1, 0.15) is 18.6 Å². The predicted molar refractivity (Wildman–Crippen MR) is 39.6 cm³/mol. The standard InChI is InChI=1S/C6H8FN3O2/c1-5-6(10(11)12)4-9(8-5)3-2-7/h4H,2-3H2,1H3. The highest BCUT2D eigenvalue weighted by Gasteiger charge is 2.14. The Hall–Kier alpha value is -1.46. The van der Waals surface area contributed by atoms with Crippen LogP contribution in [0.5, 0.6) is 0 Å². The fraction of sp³-hybridized carbons (Fsp3) is 0.500. The average Bonchev–Trinajstić information content (AvgIpc) is 2.32. The largest absolute Gasteiger partial charge is 0.309 e. The molecule has 0 aromatic carbocycles. The van der Waals surface area contributed by atoms with Gasteiger partial charge < -0.3 is 0 Å². The lowest BCUT2D eigenvalue weighted by Gasteiger charge is -1.91. The summed E-state index contributed by atoms with van der Waals surface area (Å²) in [6.07, 6.45) is 1.23. The molecule has 0 radical (unpaired) electrons. The molecule has 12 heavy (non-hydrogen) atoms. The summed E-state index contributed by atoms with van der Waals surface area (Å²) in [7, 11) is 0. The number of aryl methyl sites for hydroxylation is 2. The zero-order chi connectivity index (χ0) is 9.14. The molecule has 1 heterocycles. The first-order chi connectivity index (χ1) is 5.65. The predicted octanol–water partition coefficient (Wildman–Crippen LogP) is 1.07. The van der Waals surface area contributed by atoms with Crippen LogP contribution >= 0.6 is 0 Å². The maximum Gasteiger partial charge on any atom is 0.309 e. The van der Waals surface area contributed by atoms with Crippen LogP contribution in [0.3, 0.4) is 0 Å². The highest BCUT2D eigenvalue weighted by molar-refractivity contribution is 5.30. The Morgan fingerprint density at radius 2 is 2.50 bits per heavy atom. The van der Waals surface area contributed by atoms with E-state index in [1.54, 1.807) is 0 Å². The molecule has 0 spiro atoms. The Bertz CT molecular complexity index is 297. The van der Waals surface area contributed by atoms with Gasteiger partial charge in [0.25, 0.3) is 0 Å². The molecule has 1 aromatic rings. The molecule has 6 heteroatoms. The summed E-state index contributed by atoms with van der Waals surface area (Å²) >= 11 is 0. The molecule has 0 aliphatic carbocycles. The van der Waals surface area contributed by atoms with Gasteiger partial charge in [-0.1, -0.05) is 0 Å². The van der Waals surface area contributed by atoms with E-state index in [0.717, 1.165) is 0 Å². The van der Waals surface area contributed by atoms with Crippen molar-refractivity contribution in [3.8, 4) is 0 Å². The minimum absolute atomic E-state index is 0.0642. The normalized spacial score (nSPS) is 10.2. The molecule has 1 rings (SSSR count). The summed E-state index contributed by atoms with van der Waals surface area (Å²) in [4.78, 5) is 9.77. The van der Waals surface area contributed by atoms with Crippen molar-refractivity contribution in [1.29, 1.82) is 0 Å². The molecule has 0 amide bonds. The summed E-state index contributed by atoms with van der Waals surface area (Å²) in [5.74, 6) is 0. The number of hydrogen-bond acceptors (Lipinski definition) is 3. The first kappa shape index (κ1) is 8.63. The highest BCUT2D eigenvalue weighted by Crippen LogP contribution is 2.14. The number of rotatable bonds is 3. The first-order valence-electron chi connectivity index (χ1n) is 3.39. The van der Waals surface area contributed by atoms with Gasteiger partial charge in [-0.25, -0.2) is 4.39 Å². The fourth-order valence-corrected chi connectivity index (χ4v) is 0.888. The average molecular weight is 173 g/mol. The van der Waals surface area contributed by atoms with E-state index in [0.29, 0.717) is 5.69 Å². The van der Waals surface area contributed by atoms with Crippen LogP contribution in [-0.4, -0.2) is 21.4 Å². The van der Waals surface area contributed by atoms with Crippen molar-refractivity contribution in [2.75, 3.05) is 6.67 Å². The topological polar surface area (TPSA) is 61.0 Å². The van der Waals surface area contributed by atoms with E-state index in [-0.39, 0.29) is 12.2 Å². The number of halogens is 1. The molecular formula is C6H8FN3O2. The molecule has 66 valence electrons. The third-order valence-corrected chi connectivity index (χ3v) is 1.43. The van der Waals surface area contributed by atoms with Gasteiger partial charge in [0.05, 0.1) is 11.5 Å². The maximum atomic E-state index is 11.8. The van der Waals surface area contributed by atoms with Crippen molar-refractivity contribution in [3.63, 3.8) is 0 Å². The quantitative estimate of drug-likeness (QED) is 0.507. The van der Waals surface area contributed by atoms with Crippen LogP contribution in [0.2, 0.25) is 0 Å². The van der Waals surface area contributed by atoms with Crippen LogP contribution < -0.4 is 0 Å². The second kappa shape index (κ2) is 3.29. The monoisotopic (exact) mass is 173 g/mol. The summed E-state index contributed by atoms with van der Waals surface area (Å²) in [5.41, 5.74) is 0.247. The van der Waals surface area contributed by atoms with Crippen molar-refractivity contribution >= 4 is 5.69 Å². The van der Waals surface area contributed by atoms with Crippen LogP contribution in [0, 0.1) is 17.0 Å². The molecule has 0 aliphatic rings. The lowest BCUT2D eigenvalue weighted by molar-refractivity contribution is -0.385. The third-order valence-electron chi connectivity index (χ3n) is 1.43. The van der Waals surface area contributed by atoms with Crippen molar-refractivity contribution in [3.05, 3.63) is 22.0 Å². The van der Waals surface area contributed by atoms with Gasteiger partial charge in [-0.15, -0.1) is 0 Å². The Kier molecular flexibility index (Phi) is 2.37. The van der Waals surface area contributed by atoms with Gasteiger partial charge in [-0.2, -0.15) is 5.10 Å². The van der Waals surface area contributed by atoms with Gasteiger partial charge in [-0.05, 0) is 6.92 Å². The molecule has 5 nitrogen and oxygen atoms in total. The zero-order valence-electron chi connectivity index (χ0n) is 6.53. The Balaban J connectivity index is 2.92. The number of alkyl halides is 1. The van der Waals surface area contributed by atoms with Gasteiger partial charge in [0.2, 0.25) is 0 Å². The summed E-state index contributed by atoms with van der Waals surface area (Å²) in [6, 6.07) is 0. The van der Waals surface area contributed by atoms with Crippen molar-refractivity contribution in [1.82, 2.24) is 9.78 Å². The van der Waals surface area contributed by atoms with Crippen molar-refractivity contribution in [2.45, 2.75) is 13.5 Å².